The van der Waals surface area contributed by atoms with Crippen molar-refractivity contribution in [2.45, 2.75) is 24.8 Å². The van der Waals surface area contributed by atoms with Gasteiger partial charge in [-0.25, -0.2) is 4.79 Å². The molecule has 0 spiro atoms. The minimum Gasteiger partial charge on any atom is -0.493 e. The van der Waals surface area contributed by atoms with Crippen LogP contribution in [0.25, 0.3) is 11.3 Å². The molecule has 2 bridgehead atoms. The quantitative estimate of drug-likeness (QED) is 0.538. The summed E-state index contributed by atoms with van der Waals surface area (Å²) >= 11 is 0. The summed E-state index contributed by atoms with van der Waals surface area (Å²) in [4.78, 5) is 14.9. The Morgan fingerprint density at radius 2 is 1.89 bits per heavy atom. The highest BCUT2D eigenvalue weighted by atomic mass is 16.5. The van der Waals surface area contributed by atoms with Crippen molar-refractivity contribution in [1.29, 1.82) is 0 Å². The van der Waals surface area contributed by atoms with Crippen LogP contribution in [0.15, 0.2) is 54.6 Å². The lowest BCUT2D eigenvalue weighted by Crippen LogP contribution is -2.56. The molecule has 2 amide bonds. The number of carbonyl (C=O) groups is 1. The number of nitrogens with zero attached hydrogens (tertiary/aromatic N) is 3. The number of benzene rings is 2. The fourth-order valence-corrected chi connectivity index (χ4v) is 5.56. The summed E-state index contributed by atoms with van der Waals surface area (Å²) in [5.74, 6) is 2.43. The highest BCUT2D eigenvalue weighted by Crippen LogP contribution is 2.42. The van der Waals surface area contributed by atoms with Crippen molar-refractivity contribution in [1.82, 2.24) is 20.0 Å². The third kappa shape index (κ3) is 4.84. The van der Waals surface area contributed by atoms with E-state index in [2.05, 4.69) is 21.6 Å². The van der Waals surface area contributed by atoms with Crippen molar-refractivity contribution >= 4 is 11.7 Å². The van der Waals surface area contributed by atoms with Crippen molar-refractivity contribution in [2.75, 3.05) is 39.2 Å². The lowest BCUT2D eigenvalue weighted by atomic mass is 9.74. The number of piperidine rings is 3. The molecular weight excluding hydrogens is 442 g/mol. The zero-order chi connectivity index (χ0) is 24.4. The molecule has 4 heterocycles. The van der Waals surface area contributed by atoms with Gasteiger partial charge in [0, 0.05) is 49.0 Å². The van der Waals surface area contributed by atoms with Gasteiger partial charge in [0.05, 0.1) is 19.9 Å². The van der Waals surface area contributed by atoms with E-state index in [1.807, 2.05) is 60.3 Å². The van der Waals surface area contributed by atoms with Gasteiger partial charge in [-0.3, -0.25) is 9.58 Å². The Kier molecular flexibility index (Phi) is 6.63. The maximum absolute atomic E-state index is 12.3. The van der Waals surface area contributed by atoms with Crippen LogP contribution in [-0.4, -0.2) is 60.6 Å². The molecule has 0 radical (unpaired) electrons. The van der Waals surface area contributed by atoms with E-state index in [1.165, 1.54) is 12.1 Å². The molecule has 4 atom stereocenters. The summed E-state index contributed by atoms with van der Waals surface area (Å²) in [6, 6.07) is 17.9. The monoisotopic (exact) mass is 475 g/mol. The molecule has 0 aliphatic carbocycles. The molecule has 3 aromatic rings. The van der Waals surface area contributed by atoms with Crippen LogP contribution in [0.1, 0.15) is 24.5 Å². The molecular formula is C27H33N5O3. The third-order valence-electron chi connectivity index (χ3n) is 7.38. The minimum absolute atomic E-state index is 0.151. The molecule has 4 unspecified atom stereocenters. The number of hydrogen-bond donors (Lipinski definition) is 2. The molecule has 3 fully saturated rings. The molecule has 35 heavy (non-hydrogen) atoms. The highest BCUT2D eigenvalue weighted by molar-refractivity contribution is 5.89. The Morgan fingerprint density at radius 1 is 1.09 bits per heavy atom. The van der Waals surface area contributed by atoms with Crippen molar-refractivity contribution in [3.05, 3.63) is 60.3 Å². The molecule has 8 heteroatoms. The van der Waals surface area contributed by atoms with Crippen molar-refractivity contribution in [2.24, 2.45) is 13.0 Å². The van der Waals surface area contributed by atoms with E-state index in [4.69, 9.17) is 14.6 Å². The summed E-state index contributed by atoms with van der Waals surface area (Å²) in [7, 11) is 5.32. The first kappa shape index (κ1) is 23.2. The Bertz CT molecular complexity index is 1180. The Hall–Kier alpha value is -3.52. The first-order valence-corrected chi connectivity index (χ1v) is 12.2. The minimum atomic E-state index is -0.151. The summed E-state index contributed by atoms with van der Waals surface area (Å²) < 4.78 is 12.9. The average Bonchev–Trinajstić information content (AvgIpc) is 3.29. The number of anilines is 1. The molecule has 3 saturated heterocycles. The van der Waals surface area contributed by atoms with Crippen molar-refractivity contribution in [3.8, 4) is 22.8 Å². The van der Waals surface area contributed by atoms with Gasteiger partial charge in [0.1, 0.15) is 0 Å². The van der Waals surface area contributed by atoms with E-state index >= 15 is 0 Å². The largest absolute Gasteiger partial charge is 0.493 e. The predicted molar refractivity (Wildman–Crippen MR) is 136 cm³/mol. The van der Waals surface area contributed by atoms with E-state index in [1.54, 1.807) is 14.2 Å². The second-order valence-electron chi connectivity index (χ2n) is 9.39. The Labute approximate surface area is 206 Å². The number of nitrogens with one attached hydrogen (secondary N) is 2. The third-order valence-corrected chi connectivity index (χ3v) is 7.38. The van der Waals surface area contributed by atoms with Gasteiger partial charge < -0.3 is 20.1 Å². The number of carbonyl (C=O) groups excluding carboxylic acids is 1. The molecule has 3 aliphatic rings. The second kappa shape index (κ2) is 10.00. The summed E-state index contributed by atoms with van der Waals surface area (Å²) in [6.07, 6.45) is 2.25. The number of aryl methyl sites for hydroxylation is 1. The van der Waals surface area contributed by atoms with Gasteiger partial charge in [0.25, 0.3) is 0 Å². The smallest absolute Gasteiger partial charge is 0.319 e. The van der Waals surface area contributed by atoms with Crippen LogP contribution in [0.4, 0.5) is 10.5 Å². The van der Waals surface area contributed by atoms with Crippen LogP contribution < -0.4 is 20.1 Å². The number of amides is 2. The lowest BCUT2D eigenvalue weighted by Gasteiger charge is -2.49. The Balaban J connectivity index is 1.24. The number of para-hydroxylation sites is 1. The maximum atomic E-state index is 12.3. The zero-order valence-corrected chi connectivity index (χ0v) is 20.5. The molecule has 3 aliphatic heterocycles. The lowest BCUT2D eigenvalue weighted by molar-refractivity contribution is 0.0296. The number of rotatable bonds is 7. The van der Waals surface area contributed by atoms with Crippen LogP contribution in [0, 0.1) is 5.92 Å². The van der Waals surface area contributed by atoms with Gasteiger partial charge in [-0.15, -0.1) is 0 Å². The number of urea groups is 1. The number of ether oxygens (including phenoxy) is 2. The molecule has 1 aromatic heterocycles. The van der Waals surface area contributed by atoms with E-state index < -0.39 is 0 Å². The predicted octanol–water partition coefficient (Wildman–Crippen LogP) is 4.10. The number of aromatic nitrogens is 2. The molecule has 8 nitrogen and oxygen atoms in total. The van der Waals surface area contributed by atoms with Gasteiger partial charge in [0.15, 0.2) is 11.5 Å². The van der Waals surface area contributed by atoms with Crippen LogP contribution in [0.2, 0.25) is 0 Å². The van der Waals surface area contributed by atoms with Crippen LogP contribution in [0.5, 0.6) is 11.5 Å². The van der Waals surface area contributed by atoms with Crippen molar-refractivity contribution in [3.63, 3.8) is 0 Å². The van der Waals surface area contributed by atoms with Gasteiger partial charge >= 0.3 is 6.03 Å². The van der Waals surface area contributed by atoms with E-state index in [0.29, 0.717) is 35.9 Å². The maximum Gasteiger partial charge on any atom is 0.319 e. The first-order valence-electron chi connectivity index (χ1n) is 12.2. The topological polar surface area (TPSA) is 80.7 Å². The van der Waals surface area contributed by atoms with E-state index in [9.17, 15) is 4.79 Å². The van der Waals surface area contributed by atoms with Gasteiger partial charge in [0.2, 0.25) is 0 Å². The standard InChI is InChI=1S/C27H33N5O3/c1-31-24(15-23(30-31)19-9-10-25(34-2)26(14-19)35-3)22-17-32-12-11-18(22)13-21(32)16-28-27(33)29-20-7-5-4-6-8-20/h4-10,14-15,18,21-22H,11-13,16-17H2,1-3H3,(H2,28,29,33). The molecule has 6 rings (SSSR count). The highest BCUT2D eigenvalue weighted by Gasteiger charge is 2.41. The molecule has 2 aromatic carbocycles. The number of fused-ring (bicyclic) bond motifs is 3. The summed E-state index contributed by atoms with van der Waals surface area (Å²) in [6.45, 7) is 2.72. The molecule has 184 valence electrons. The van der Waals surface area contributed by atoms with Gasteiger partial charge in [-0.1, -0.05) is 18.2 Å². The number of methoxy groups -OCH3 is 2. The van der Waals surface area contributed by atoms with Crippen LogP contribution >= 0.6 is 0 Å². The summed E-state index contributed by atoms with van der Waals surface area (Å²) in [5, 5.41) is 10.8. The SMILES string of the molecule is COc1ccc(-c2cc(C3CN4CCC3CC4CNC(=O)Nc3ccccc3)n(C)n2)cc1OC. The Morgan fingerprint density at radius 3 is 2.60 bits per heavy atom. The normalized spacial score (nSPS) is 23.1. The van der Waals surface area contributed by atoms with Gasteiger partial charge in [-0.2, -0.15) is 5.10 Å². The molecule has 0 saturated carbocycles. The van der Waals surface area contributed by atoms with E-state index in [0.717, 1.165) is 36.5 Å². The van der Waals surface area contributed by atoms with E-state index in [-0.39, 0.29) is 6.03 Å². The zero-order valence-electron chi connectivity index (χ0n) is 20.5. The van der Waals surface area contributed by atoms with Gasteiger partial charge in [-0.05, 0) is 61.7 Å². The fourth-order valence-electron chi connectivity index (χ4n) is 5.56. The van der Waals surface area contributed by atoms with Crippen LogP contribution in [0.3, 0.4) is 0 Å². The number of hydrogen-bond acceptors (Lipinski definition) is 5. The first-order chi connectivity index (χ1) is 17.1. The fraction of sp³-hybridized carbons (Fsp3) is 0.407. The molecule has 2 N–H and O–H groups in total. The van der Waals surface area contributed by atoms with Crippen molar-refractivity contribution < 1.29 is 14.3 Å². The average molecular weight is 476 g/mol. The van der Waals surface area contributed by atoms with Crippen LogP contribution in [-0.2, 0) is 7.05 Å². The summed E-state index contributed by atoms with van der Waals surface area (Å²) in [5.41, 5.74) is 4.02. The second-order valence-corrected chi connectivity index (χ2v) is 9.39.